The highest BCUT2D eigenvalue weighted by molar-refractivity contribution is 7.84. The maximum atomic E-state index is 11.9. The van der Waals surface area contributed by atoms with E-state index in [1.165, 1.54) is 0 Å². The molecule has 0 saturated carbocycles. The predicted octanol–water partition coefficient (Wildman–Crippen LogP) is 2.91. The first-order valence-corrected chi connectivity index (χ1v) is 12.1. The minimum atomic E-state index is -1.13. The van der Waals surface area contributed by atoms with Crippen molar-refractivity contribution in [2.24, 2.45) is 4.99 Å². The van der Waals surface area contributed by atoms with E-state index in [2.05, 4.69) is 45.0 Å². The van der Waals surface area contributed by atoms with Crippen LogP contribution >= 0.6 is 0 Å². The molecule has 1 unspecified atom stereocenters. The van der Waals surface area contributed by atoms with Gasteiger partial charge in [-0.15, -0.1) is 0 Å². The molecular weight excluding hydrogens is 424 g/mol. The van der Waals surface area contributed by atoms with E-state index in [1.807, 2.05) is 25.1 Å². The maximum absolute atomic E-state index is 11.9. The normalized spacial score (nSPS) is 18.1. The summed E-state index contributed by atoms with van der Waals surface area (Å²) in [6.07, 6.45) is 3.35. The van der Waals surface area contributed by atoms with Crippen molar-refractivity contribution in [2.75, 3.05) is 38.0 Å². The van der Waals surface area contributed by atoms with E-state index in [0.717, 1.165) is 51.8 Å². The number of rotatable bonds is 5. The molecule has 3 aromatic heterocycles. The number of aromatic amines is 1. The molecule has 0 aromatic carbocycles. The molecule has 8 nitrogen and oxygen atoms in total. The Balaban J connectivity index is 1.93. The Morgan fingerprint density at radius 3 is 2.69 bits per heavy atom. The molecule has 2 atom stereocenters. The molecule has 1 saturated heterocycles. The minimum Gasteiger partial charge on any atom is -0.377 e. The van der Waals surface area contributed by atoms with E-state index in [-0.39, 0.29) is 6.04 Å². The lowest BCUT2D eigenvalue weighted by Gasteiger charge is -2.35. The van der Waals surface area contributed by atoms with Crippen LogP contribution in [0.5, 0.6) is 0 Å². The molecule has 3 aromatic rings. The van der Waals surface area contributed by atoms with Crippen LogP contribution in [0.15, 0.2) is 40.5 Å². The largest absolute Gasteiger partial charge is 0.377 e. The Morgan fingerprint density at radius 1 is 1.25 bits per heavy atom. The monoisotopic (exact) mass is 452 g/mol. The third kappa shape index (κ3) is 4.22. The zero-order chi connectivity index (χ0) is 22.8. The number of aliphatic imine (C=N–C) groups is 1. The second-order valence-corrected chi connectivity index (χ2v) is 9.22. The van der Waals surface area contributed by atoms with Crippen molar-refractivity contribution in [3.8, 4) is 11.1 Å². The van der Waals surface area contributed by atoms with E-state index in [9.17, 15) is 4.21 Å². The van der Waals surface area contributed by atoms with Crippen LogP contribution in [0.25, 0.3) is 11.1 Å². The lowest BCUT2D eigenvalue weighted by atomic mass is 9.96. The summed E-state index contributed by atoms with van der Waals surface area (Å²) in [6, 6.07) is 8.05. The number of anilines is 1. The predicted molar refractivity (Wildman–Crippen MR) is 127 cm³/mol. The van der Waals surface area contributed by atoms with Gasteiger partial charge in [0.25, 0.3) is 0 Å². The van der Waals surface area contributed by atoms with E-state index < -0.39 is 10.8 Å². The second kappa shape index (κ2) is 9.30. The topological polar surface area (TPSA) is 96.4 Å². The van der Waals surface area contributed by atoms with Crippen molar-refractivity contribution in [2.45, 2.75) is 31.8 Å². The Hall–Kier alpha value is -2.91. The first-order chi connectivity index (χ1) is 15.4. The summed E-state index contributed by atoms with van der Waals surface area (Å²) in [4.78, 5) is 16.5. The van der Waals surface area contributed by atoms with Crippen molar-refractivity contribution in [3.05, 3.63) is 53.1 Å². The van der Waals surface area contributed by atoms with Gasteiger partial charge in [0.15, 0.2) is 0 Å². The summed E-state index contributed by atoms with van der Waals surface area (Å²) in [6.45, 7) is 8.24. The smallest absolute Gasteiger partial charge is 0.130 e. The molecular formula is C23H28N6O2S. The quantitative estimate of drug-likeness (QED) is 0.598. The molecule has 9 heteroatoms. The van der Waals surface area contributed by atoms with Crippen LogP contribution in [0.2, 0.25) is 0 Å². The zero-order valence-electron chi connectivity index (χ0n) is 19.0. The average molecular weight is 453 g/mol. The highest BCUT2D eigenvalue weighted by atomic mass is 32.2. The molecule has 0 radical (unpaired) electrons. The Kier molecular flexibility index (Phi) is 6.48. The number of pyridine rings is 2. The first kappa shape index (κ1) is 22.3. The molecule has 0 spiro atoms. The molecule has 168 valence electrons. The van der Waals surface area contributed by atoms with Crippen molar-refractivity contribution < 1.29 is 8.95 Å². The molecule has 0 bridgehead atoms. The fraction of sp³-hybridized carbons (Fsp3) is 0.391. The molecule has 0 amide bonds. The van der Waals surface area contributed by atoms with Crippen molar-refractivity contribution in [3.63, 3.8) is 0 Å². The Labute approximate surface area is 190 Å². The van der Waals surface area contributed by atoms with Gasteiger partial charge in [0, 0.05) is 37.3 Å². The number of ether oxygens (including phenoxy) is 1. The van der Waals surface area contributed by atoms with Gasteiger partial charge in [0.2, 0.25) is 0 Å². The summed E-state index contributed by atoms with van der Waals surface area (Å²) in [5.74, 6) is 0.875. The van der Waals surface area contributed by atoms with E-state index in [1.54, 1.807) is 19.5 Å². The van der Waals surface area contributed by atoms with Gasteiger partial charge >= 0.3 is 0 Å². The zero-order valence-corrected chi connectivity index (χ0v) is 19.9. The van der Waals surface area contributed by atoms with Crippen LogP contribution in [-0.4, -0.2) is 69.2 Å². The van der Waals surface area contributed by atoms with Gasteiger partial charge in [-0.2, -0.15) is 5.10 Å². The van der Waals surface area contributed by atoms with Gasteiger partial charge in [-0.3, -0.25) is 14.3 Å². The fourth-order valence-electron chi connectivity index (χ4n) is 4.04. The molecule has 32 heavy (non-hydrogen) atoms. The summed E-state index contributed by atoms with van der Waals surface area (Å²) in [5, 5.41) is 7.68. The minimum absolute atomic E-state index is 0.206. The number of nitrogens with one attached hydrogen (secondary N) is 1. The lowest BCUT2D eigenvalue weighted by Crippen LogP contribution is -2.44. The molecule has 4 rings (SSSR count). The van der Waals surface area contributed by atoms with Crippen LogP contribution in [0, 0.1) is 13.8 Å². The maximum Gasteiger partial charge on any atom is 0.130 e. The molecule has 4 heterocycles. The third-order valence-corrected chi connectivity index (χ3v) is 6.59. The lowest BCUT2D eigenvalue weighted by molar-refractivity contribution is 0.0985. The van der Waals surface area contributed by atoms with Gasteiger partial charge < -0.3 is 9.64 Å². The summed E-state index contributed by atoms with van der Waals surface area (Å²) >= 11 is 0. The van der Waals surface area contributed by atoms with Crippen LogP contribution in [0.3, 0.4) is 0 Å². The van der Waals surface area contributed by atoms with Gasteiger partial charge in [-0.05, 0) is 56.2 Å². The Bertz CT molecular complexity index is 1180. The van der Waals surface area contributed by atoms with Gasteiger partial charge in [0.05, 0.1) is 41.4 Å². The van der Waals surface area contributed by atoms with Crippen molar-refractivity contribution in [1.29, 1.82) is 0 Å². The second-order valence-electron chi connectivity index (χ2n) is 7.90. The van der Waals surface area contributed by atoms with Gasteiger partial charge in [0.1, 0.15) is 16.6 Å². The summed E-state index contributed by atoms with van der Waals surface area (Å²) < 4.78 is 17.6. The van der Waals surface area contributed by atoms with E-state index in [0.29, 0.717) is 18.2 Å². The van der Waals surface area contributed by atoms with Gasteiger partial charge in [-0.1, -0.05) is 0 Å². The highest BCUT2D eigenvalue weighted by Gasteiger charge is 2.25. The molecule has 1 aliphatic heterocycles. The standard InChI is InChI=1S/C23H28N6O2S/c1-14-13-31-11-10-29(14)20-12-18(17-6-7-21(32(5)30)26-16(17)3)15(2)22(27-20)23(24-4)19-8-9-25-28-19/h6-9,12,14H,10-11,13H2,1-5H3,(H,25,28)/t14-,32?/m1/s1. The van der Waals surface area contributed by atoms with Crippen LogP contribution in [0.4, 0.5) is 5.82 Å². The SMILES string of the molecule is CN=C(c1ccn[nH]1)c1nc(N2CCOC[C@H]2C)cc(-c2ccc(S(C)=O)nc2C)c1C. The Morgan fingerprint density at radius 2 is 2.06 bits per heavy atom. The number of nitrogens with zero attached hydrogens (tertiary/aromatic N) is 5. The van der Waals surface area contributed by atoms with Crippen molar-refractivity contribution in [1.82, 2.24) is 20.2 Å². The number of hydrogen-bond acceptors (Lipinski definition) is 7. The number of aryl methyl sites for hydroxylation is 1. The van der Waals surface area contributed by atoms with Gasteiger partial charge in [-0.25, -0.2) is 9.97 Å². The first-order valence-electron chi connectivity index (χ1n) is 10.5. The third-order valence-electron chi connectivity index (χ3n) is 5.77. The van der Waals surface area contributed by atoms with Crippen LogP contribution in [-0.2, 0) is 15.5 Å². The molecule has 1 N–H and O–H groups in total. The summed E-state index contributed by atoms with van der Waals surface area (Å²) in [7, 11) is 0.632. The molecule has 0 aliphatic carbocycles. The number of morpholine rings is 1. The molecule has 1 aliphatic rings. The van der Waals surface area contributed by atoms with E-state index >= 15 is 0 Å². The highest BCUT2D eigenvalue weighted by Crippen LogP contribution is 2.33. The van der Waals surface area contributed by atoms with Crippen molar-refractivity contribution >= 4 is 22.3 Å². The number of H-pyrrole nitrogens is 1. The summed E-state index contributed by atoms with van der Waals surface area (Å²) in [5.41, 5.74) is 6.21. The fourth-order valence-corrected chi connectivity index (χ4v) is 4.57. The number of aromatic nitrogens is 4. The number of hydrogen-bond donors (Lipinski definition) is 1. The average Bonchev–Trinajstić information content (AvgIpc) is 3.30. The van der Waals surface area contributed by atoms with Crippen LogP contribution in [0.1, 0.15) is 29.6 Å². The molecule has 1 fully saturated rings. The van der Waals surface area contributed by atoms with E-state index in [4.69, 9.17) is 9.72 Å². The van der Waals surface area contributed by atoms with Crippen LogP contribution < -0.4 is 4.90 Å².